The van der Waals surface area contributed by atoms with E-state index in [9.17, 15) is 10.4 Å². The van der Waals surface area contributed by atoms with E-state index >= 15 is 0 Å². The highest BCUT2D eigenvalue weighted by molar-refractivity contribution is 5.85. The topological polar surface area (TPSA) is 113 Å². The standard InChI is InChI=1S/C23H26N6O2/c1-23(2,30)13-31-16-5-17(22-15(6-24)9-27-29(22)10-16)14-3-4-21(26-8-14)28-11-19-18(7-25)20(19)12-28/h3-5,8-10,18-20,30H,7,11-13,25H2,1-2H3/t18?,19-,20?/m1/s1. The molecule has 3 aromatic rings. The lowest BCUT2D eigenvalue weighted by Crippen LogP contribution is -2.27. The Morgan fingerprint density at radius 2 is 2.06 bits per heavy atom. The lowest BCUT2D eigenvalue weighted by Gasteiger charge is -2.21. The average molecular weight is 419 g/mol. The highest BCUT2D eigenvalue weighted by Crippen LogP contribution is 2.51. The predicted octanol–water partition coefficient (Wildman–Crippen LogP) is 2.06. The number of fused-ring (bicyclic) bond motifs is 2. The molecule has 2 aliphatic rings. The molecule has 0 radical (unpaired) electrons. The number of piperidine rings is 1. The van der Waals surface area contributed by atoms with Gasteiger partial charge in [0.25, 0.3) is 0 Å². The van der Waals surface area contributed by atoms with Crippen LogP contribution in [0.5, 0.6) is 5.75 Å². The fourth-order valence-corrected chi connectivity index (χ4v) is 4.66. The van der Waals surface area contributed by atoms with Gasteiger partial charge in [-0.15, -0.1) is 0 Å². The lowest BCUT2D eigenvalue weighted by atomic mass is 10.1. The number of hydrogen-bond acceptors (Lipinski definition) is 7. The van der Waals surface area contributed by atoms with Crippen molar-refractivity contribution in [2.75, 3.05) is 31.1 Å². The minimum Gasteiger partial charge on any atom is -0.489 e. The molecule has 0 bridgehead atoms. The van der Waals surface area contributed by atoms with Crippen molar-refractivity contribution in [3.63, 3.8) is 0 Å². The van der Waals surface area contributed by atoms with Gasteiger partial charge >= 0.3 is 0 Å². The highest BCUT2D eigenvalue weighted by atomic mass is 16.5. The first-order valence-corrected chi connectivity index (χ1v) is 10.6. The lowest BCUT2D eigenvalue weighted by molar-refractivity contribution is 0.0283. The van der Waals surface area contributed by atoms with Crippen LogP contribution in [0.3, 0.4) is 0 Å². The van der Waals surface area contributed by atoms with E-state index in [0.717, 1.165) is 36.6 Å². The summed E-state index contributed by atoms with van der Waals surface area (Å²) in [6.07, 6.45) is 5.10. The van der Waals surface area contributed by atoms with Crippen molar-refractivity contribution in [1.82, 2.24) is 14.6 Å². The van der Waals surface area contributed by atoms with Crippen molar-refractivity contribution in [3.05, 3.63) is 42.4 Å². The second-order valence-corrected chi connectivity index (χ2v) is 9.19. The Bertz CT molecular complexity index is 1150. The molecule has 160 valence electrons. The molecule has 5 rings (SSSR count). The van der Waals surface area contributed by atoms with Crippen LogP contribution in [0.4, 0.5) is 5.82 Å². The van der Waals surface area contributed by atoms with Crippen LogP contribution in [0.25, 0.3) is 16.6 Å². The average Bonchev–Trinajstić information content (AvgIpc) is 3.07. The molecule has 1 aliphatic carbocycles. The Morgan fingerprint density at radius 3 is 2.68 bits per heavy atom. The summed E-state index contributed by atoms with van der Waals surface area (Å²) in [5, 5.41) is 23.8. The van der Waals surface area contributed by atoms with Gasteiger partial charge in [-0.3, -0.25) is 0 Å². The molecule has 3 N–H and O–H groups in total. The summed E-state index contributed by atoms with van der Waals surface area (Å²) in [6.45, 7) is 6.34. The summed E-state index contributed by atoms with van der Waals surface area (Å²) in [4.78, 5) is 7.03. The number of hydrogen-bond donors (Lipinski definition) is 2. The van der Waals surface area contributed by atoms with Gasteiger partial charge in [0.15, 0.2) is 0 Å². The number of nitrogens with two attached hydrogens (primary N) is 1. The minimum atomic E-state index is -0.959. The smallest absolute Gasteiger partial charge is 0.138 e. The number of aromatic nitrogens is 3. The molecular weight excluding hydrogens is 392 g/mol. The van der Waals surface area contributed by atoms with Crippen molar-refractivity contribution in [3.8, 4) is 22.9 Å². The molecule has 1 aliphatic heterocycles. The maximum atomic E-state index is 10.00. The Balaban J connectivity index is 1.45. The fourth-order valence-electron chi connectivity index (χ4n) is 4.66. The molecular formula is C23H26N6O2. The Kier molecular flexibility index (Phi) is 4.61. The van der Waals surface area contributed by atoms with Crippen LogP contribution in [-0.2, 0) is 0 Å². The first-order chi connectivity index (χ1) is 14.9. The fraction of sp³-hybridized carbons (Fsp3) is 0.435. The van der Waals surface area contributed by atoms with Crippen molar-refractivity contribution >= 4 is 11.3 Å². The van der Waals surface area contributed by atoms with Crippen molar-refractivity contribution < 1.29 is 9.84 Å². The first-order valence-electron chi connectivity index (χ1n) is 10.6. The third kappa shape index (κ3) is 3.60. The van der Waals surface area contributed by atoms with Crippen LogP contribution in [0.15, 0.2) is 36.8 Å². The molecule has 3 aromatic heterocycles. The molecule has 0 amide bonds. The van der Waals surface area contributed by atoms with Crippen molar-refractivity contribution in [1.29, 1.82) is 5.26 Å². The molecule has 2 unspecified atom stereocenters. The SMILES string of the molecule is CC(C)(O)COc1cc(-c2ccc(N3CC4C(CN)[C@H]4C3)nc2)c2c(C#N)cnn2c1. The molecule has 8 nitrogen and oxygen atoms in total. The normalized spacial score (nSPS) is 22.4. The van der Waals surface area contributed by atoms with Crippen LogP contribution in [0, 0.1) is 29.1 Å². The number of rotatable bonds is 6. The molecule has 0 spiro atoms. The number of nitriles is 1. The number of nitrogens with zero attached hydrogens (tertiary/aromatic N) is 5. The van der Waals surface area contributed by atoms with Gasteiger partial charge in [0, 0.05) is 30.4 Å². The number of anilines is 1. The molecule has 1 saturated carbocycles. The molecule has 31 heavy (non-hydrogen) atoms. The van der Waals surface area contributed by atoms with E-state index in [4.69, 9.17) is 15.5 Å². The first kappa shape index (κ1) is 19.8. The van der Waals surface area contributed by atoms with E-state index < -0.39 is 5.60 Å². The second kappa shape index (κ2) is 7.22. The van der Waals surface area contributed by atoms with Crippen LogP contribution in [0.2, 0.25) is 0 Å². The third-order valence-corrected chi connectivity index (χ3v) is 6.33. The van der Waals surface area contributed by atoms with Crippen molar-refractivity contribution in [2.45, 2.75) is 19.4 Å². The molecule has 3 atom stereocenters. The summed E-state index contributed by atoms with van der Waals surface area (Å²) in [7, 11) is 0. The van der Waals surface area contributed by atoms with E-state index in [2.05, 4.69) is 16.1 Å². The van der Waals surface area contributed by atoms with Gasteiger partial charge in [0.1, 0.15) is 24.2 Å². The molecule has 2 fully saturated rings. The summed E-state index contributed by atoms with van der Waals surface area (Å²) in [5.41, 5.74) is 7.75. The zero-order chi connectivity index (χ0) is 21.8. The van der Waals surface area contributed by atoms with E-state index in [-0.39, 0.29) is 6.61 Å². The van der Waals surface area contributed by atoms with Gasteiger partial charge in [-0.1, -0.05) is 0 Å². The summed E-state index contributed by atoms with van der Waals surface area (Å²) >= 11 is 0. The van der Waals surface area contributed by atoms with Gasteiger partial charge in [0.05, 0.1) is 29.1 Å². The number of ether oxygens (including phenoxy) is 1. The zero-order valence-electron chi connectivity index (χ0n) is 17.7. The Hall–Kier alpha value is -3.15. The molecule has 0 aromatic carbocycles. The largest absolute Gasteiger partial charge is 0.489 e. The van der Waals surface area contributed by atoms with Crippen LogP contribution in [-0.4, -0.2) is 51.5 Å². The molecule has 4 heterocycles. The molecule has 8 heteroatoms. The van der Waals surface area contributed by atoms with Crippen LogP contribution >= 0.6 is 0 Å². The number of pyridine rings is 2. The van der Waals surface area contributed by atoms with Gasteiger partial charge in [-0.2, -0.15) is 10.4 Å². The Labute approximate surface area is 180 Å². The third-order valence-electron chi connectivity index (χ3n) is 6.33. The van der Waals surface area contributed by atoms with Crippen LogP contribution in [0.1, 0.15) is 19.4 Å². The predicted molar refractivity (Wildman–Crippen MR) is 117 cm³/mol. The summed E-state index contributed by atoms with van der Waals surface area (Å²) in [6, 6.07) is 8.13. The van der Waals surface area contributed by atoms with Gasteiger partial charge in [0.2, 0.25) is 0 Å². The summed E-state index contributed by atoms with van der Waals surface area (Å²) in [5.74, 6) is 3.63. The van der Waals surface area contributed by atoms with Gasteiger partial charge in [-0.05, 0) is 56.3 Å². The number of aliphatic hydroxyl groups is 1. The minimum absolute atomic E-state index is 0.141. The summed E-state index contributed by atoms with van der Waals surface area (Å²) < 4.78 is 7.43. The van der Waals surface area contributed by atoms with Crippen molar-refractivity contribution in [2.24, 2.45) is 23.5 Å². The van der Waals surface area contributed by atoms with Gasteiger partial charge in [-0.25, -0.2) is 9.50 Å². The zero-order valence-corrected chi connectivity index (χ0v) is 17.7. The maximum Gasteiger partial charge on any atom is 0.138 e. The highest BCUT2D eigenvalue weighted by Gasteiger charge is 2.54. The maximum absolute atomic E-state index is 10.00. The monoisotopic (exact) mass is 418 g/mol. The second-order valence-electron chi connectivity index (χ2n) is 9.19. The van der Waals surface area contributed by atoms with E-state index in [0.29, 0.717) is 34.6 Å². The molecule has 1 saturated heterocycles. The Morgan fingerprint density at radius 1 is 1.29 bits per heavy atom. The van der Waals surface area contributed by atoms with E-state index in [1.165, 1.54) is 0 Å². The quantitative estimate of drug-likeness (QED) is 0.630. The van der Waals surface area contributed by atoms with Gasteiger partial charge < -0.3 is 20.5 Å². The van der Waals surface area contributed by atoms with Crippen LogP contribution < -0.4 is 15.4 Å². The van der Waals surface area contributed by atoms with E-state index in [1.54, 1.807) is 30.8 Å². The van der Waals surface area contributed by atoms with E-state index in [1.807, 2.05) is 24.4 Å².